The summed E-state index contributed by atoms with van der Waals surface area (Å²) in [6.45, 7) is 6.78. The SMILES string of the molecule is CCCNCC(C)CSc1ccccc1. The molecule has 1 nitrogen and oxygen atoms in total. The first kappa shape index (κ1) is 12.6. The quantitative estimate of drug-likeness (QED) is 0.561. The van der Waals surface area contributed by atoms with Gasteiger partial charge in [-0.2, -0.15) is 0 Å². The molecule has 1 unspecified atom stereocenters. The van der Waals surface area contributed by atoms with Gasteiger partial charge in [-0.25, -0.2) is 0 Å². The number of thioether (sulfide) groups is 1. The largest absolute Gasteiger partial charge is 0.316 e. The molecule has 1 aromatic rings. The lowest BCUT2D eigenvalue weighted by Crippen LogP contribution is -2.23. The second-order valence-electron chi connectivity index (χ2n) is 3.93. The van der Waals surface area contributed by atoms with Crippen LogP contribution in [0.2, 0.25) is 0 Å². The molecule has 1 atom stereocenters. The summed E-state index contributed by atoms with van der Waals surface area (Å²) >= 11 is 1.95. The molecule has 1 aromatic carbocycles. The smallest absolute Gasteiger partial charge is 0.00720 e. The van der Waals surface area contributed by atoms with Gasteiger partial charge in [-0.15, -0.1) is 11.8 Å². The van der Waals surface area contributed by atoms with Crippen molar-refractivity contribution in [2.45, 2.75) is 25.2 Å². The molecule has 15 heavy (non-hydrogen) atoms. The first-order chi connectivity index (χ1) is 7.33. The summed E-state index contributed by atoms with van der Waals surface area (Å²) < 4.78 is 0. The normalized spacial score (nSPS) is 12.7. The van der Waals surface area contributed by atoms with Crippen molar-refractivity contribution in [3.63, 3.8) is 0 Å². The summed E-state index contributed by atoms with van der Waals surface area (Å²) in [5.41, 5.74) is 0. The van der Waals surface area contributed by atoms with Crippen LogP contribution in [-0.4, -0.2) is 18.8 Å². The van der Waals surface area contributed by atoms with Crippen molar-refractivity contribution >= 4 is 11.8 Å². The predicted molar refractivity (Wildman–Crippen MR) is 69.5 cm³/mol. The average molecular weight is 223 g/mol. The second-order valence-corrected chi connectivity index (χ2v) is 5.03. The number of hydrogen-bond acceptors (Lipinski definition) is 2. The number of benzene rings is 1. The molecule has 0 saturated heterocycles. The van der Waals surface area contributed by atoms with Gasteiger partial charge in [0.05, 0.1) is 0 Å². The minimum absolute atomic E-state index is 0.738. The van der Waals surface area contributed by atoms with Gasteiger partial charge in [0.1, 0.15) is 0 Å². The monoisotopic (exact) mass is 223 g/mol. The molecule has 1 rings (SSSR count). The second kappa shape index (κ2) is 7.77. The summed E-state index contributed by atoms with van der Waals surface area (Å²) in [7, 11) is 0. The van der Waals surface area contributed by atoms with Gasteiger partial charge in [0.15, 0.2) is 0 Å². The minimum atomic E-state index is 0.738. The summed E-state index contributed by atoms with van der Waals surface area (Å²) in [4.78, 5) is 1.37. The molecular formula is C13H21NS. The number of hydrogen-bond donors (Lipinski definition) is 1. The molecule has 0 heterocycles. The van der Waals surface area contributed by atoms with Crippen molar-refractivity contribution < 1.29 is 0 Å². The molecule has 2 heteroatoms. The molecular weight excluding hydrogens is 202 g/mol. The lowest BCUT2D eigenvalue weighted by Gasteiger charge is -2.11. The molecule has 0 aliphatic rings. The highest BCUT2D eigenvalue weighted by Crippen LogP contribution is 2.19. The first-order valence-electron chi connectivity index (χ1n) is 5.71. The van der Waals surface area contributed by atoms with Crippen molar-refractivity contribution in [3.05, 3.63) is 30.3 Å². The van der Waals surface area contributed by atoms with E-state index in [1.165, 1.54) is 17.1 Å². The van der Waals surface area contributed by atoms with Crippen LogP contribution in [0.15, 0.2) is 35.2 Å². The van der Waals surface area contributed by atoms with E-state index in [-0.39, 0.29) is 0 Å². The highest BCUT2D eigenvalue weighted by molar-refractivity contribution is 7.99. The van der Waals surface area contributed by atoms with E-state index >= 15 is 0 Å². The van der Waals surface area contributed by atoms with Crippen molar-refractivity contribution in [3.8, 4) is 0 Å². The maximum Gasteiger partial charge on any atom is 0.00720 e. The third-order valence-electron chi connectivity index (χ3n) is 2.20. The van der Waals surface area contributed by atoms with E-state index in [4.69, 9.17) is 0 Å². The zero-order valence-corrected chi connectivity index (χ0v) is 10.5. The molecule has 0 aliphatic carbocycles. The van der Waals surface area contributed by atoms with Crippen LogP contribution in [0, 0.1) is 5.92 Å². The van der Waals surface area contributed by atoms with Crippen LogP contribution < -0.4 is 5.32 Å². The van der Waals surface area contributed by atoms with Crippen molar-refractivity contribution in [1.82, 2.24) is 5.32 Å². The molecule has 0 spiro atoms. The Morgan fingerprint density at radius 1 is 1.27 bits per heavy atom. The Kier molecular flexibility index (Phi) is 6.53. The first-order valence-corrected chi connectivity index (χ1v) is 6.70. The maximum atomic E-state index is 3.46. The minimum Gasteiger partial charge on any atom is -0.316 e. The summed E-state index contributed by atoms with van der Waals surface area (Å²) in [5, 5.41) is 3.46. The van der Waals surface area contributed by atoms with E-state index in [1.807, 2.05) is 11.8 Å². The van der Waals surface area contributed by atoms with Gasteiger partial charge in [0, 0.05) is 10.6 Å². The molecule has 1 N–H and O–H groups in total. The molecule has 0 amide bonds. The number of rotatable bonds is 7. The van der Waals surface area contributed by atoms with Crippen LogP contribution in [-0.2, 0) is 0 Å². The summed E-state index contributed by atoms with van der Waals surface area (Å²) in [6, 6.07) is 10.6. The van der Waals surface area contributed by atoms with Crippen molar-refractivity contribution in [1.29, 1.82) is 0 Å². The van der Waals surface area contributed by atoms with E-state index < -0.39 is 0 Å². The molecule has 0 bridgehead atoms. The van der Waals surface area contributed by atoms with Gasteiger partial charge in [-0.3, -0.25) is 0 Å². The van der Waals surface area contributed by atoms with Crippen LogP contribution in [0.3, 0.4) is 0 Å². The Morgan fingerprint density at radius 2 is 2.00 bits per heavy atom. The third-order valence-corrected chi connectivity index (χ3v) is 3.54. The average Bonchev–Trinajstić information content (AvgIpc) is 2.28. The topological polar surface area (TPSA) is 12.0 Å². The van der Waals surface area contributed by atoms with E-state index in [0.717, 1.165) is 19.0 Å². The lowest BCUT2D eigenvalue weighted by molar-refractivity contribution is 0.557. The molecule has 0 radical (unpaired) electrons. The van der Waals surface area contributed by atoms with Gasteiger partial charge >= 0.3 is 0 Å². The highest BCUT2D eigenvalue weighted by atomic mass is 32.2. The fourth-order valence-corrected chi connectivity index (χ4v) is 2.28. The molecule has 84 valence electrons. The van der Waals surface area contributed by atoms with Crippen molar-refractivity contribution in [2.75, 3.05) is 18.8 Å². The van der Waals surface area contributed by atoms with Gasteiger partial charge < -0.3 is 5.32 Å². The molecule has 0 saturated carbocycles. The molecule has 0 aromatic heterocycles. The van der Waals surface area contributed by atoms with Gasteiger partial charge in [-0.05, 0) is 37.6 Å². The van der Waals surface area contributed by atoms with E-state index in [1.54, 1.807) is 0 Å². The molecule has 0 fully saturated rings. The van der Waals surface area contributed by atoms with E-state index in [0.29, 0.717) is 0 Å². The molecule has 0 aliphatic heterocycles. The van der Waals surface area contributed by atoms with E-state index in [9.17, 15) is 0 Å². The summed E-state index contributed by atoms with van der Waals surface area (Å²) in [5.74, 6) is 1.93. The number of nitrogens with one attached hydrogen (secondary N) is 1. The van der Waals surface area contributed by atoms with Crippen LogP contribution in [0.1, 0.15) is 20.3 Å². The maximum absolute atomic E-state index is 3.46. The Hall–Kier alpha value is -0.470. The van der Waals surface area contributed by atoms with Crippen LogP contribution in [0.4, 0.5) is 0 Å². The highest BCUT2D eigenvalue weighted by Gasteiger charge is 2.01. The van der Waals surface area contributed by atoms with Crippen LogP contribution in [0.25, 0.3) is 0 Å². The standard InChI is InChI=1S/C13H21NS/c1-3-9-14-10-12(2)11-15-13-7-5-4-6-8-13/h4-8,12,14H,3,9-11H2,1-2H3. The zero-order chi connectivity index (χ0) is 10.9. The summed E-state index contributed by atoms with van der Waals surface area (Å²) in [6.07, 6.45) is 1.22. The van der Waals surface area contributed by atoms with Crippen LogP contribution >= 0.6 is 11.8 Å². The van der Waals surface area contributed by atoms with Gasteiger partial charge in [0.2, 0.25) is 0 Å². The third kappa shape index (κ3) is 5.85. The Labute approximate surface area is 97.7 Å². The Morgan fingerprint density at radius 3 is 2.67 bits per heavy atom. The zero-order valence-electron chi connectivity index (χ0n) is 9.70. The predicted octanol–water partition coefficient (Wildman–Crippen LogP) is 3.41. The Bertz CT molecular complexity index is 248. The van der Waals surface area contributed by atoms with Gasteiger partial charge in [0.25, 0.3) is 0 Å². The van der Waals surface area contributed by atoms with Crippen molar-refractivity contribution in [2.24, 2.45) is 5.92 Å². The fourth-order valence-electron chi connectivity index (χ4n) is 1.34. The van der Waals surface area contributed by atoms with Crippen LogP contribution in [0.5, 0.6) is 0 Å². The Balaban J connectivity index is 2.14. The lowest BCUT2D eigenvalue weighted by atomic mass is 10.2. The fraction of sp³-hybridized carbons (Fsp3) is 0.538. The van der Waals surface area contributed by atoms with E-state index in [2.05, 4.69) is 49.5 Å². The van der Waals surface area contributed by atoms with Gasteiger partial charge in [-0.1, -0.05) is 32.0 Å².